The fraction of sp³-hybridized carbons (Fsp3) is 0.217. The molecule has 0 aliphatic heterocycles. The van der Waals surface area contributed by atoms with E-state index in [1.807, 2.05) is 25.1 Å². The number of amides is 1. The van der Waals surface area contributed by atoms with Crippen LogP contribution in [0.3, 0.4) is 0 Å². The summed E-state index contributed by atoms with van der Waals surface area (Å²) in [6.45, 7) is 5.93. The maximum absolute atomic E-state index is 12.9. The Morgan fingerprint density at radius 1 is 1.00 bits per heavy atom. The van der Waals surface area contributed by atoms with Crippen molar-refractivity contribution < 1.29 is 23.8 Å². The number of carbonyl (C=O) groups is 2. The van der Waals surface area contributed by atoms with E-state index in [1.165, 1.54) is 7.11 Å². The molecule has 0 aliphatic carbocycles. The molecule has 2 N–H and O–H groups in total. The van der Waals surface area contributed by atoms with Crippen LogP contribution in [0.1, 0.15) is 39.0 Å². The van der Waals surface area contributed by atoms with Gasteiger partial charge in [0.1, 0.15) is 17.2 Å². The normalized spacial score (nSPS) is 10.4. The number of rotatable bonds is 7. The average Bonchev–Trinajstić information content (AvgIpc) is 3.04. The number of methoxy groups -OCH3 is 1. The number of carbonyl (C=O) groups excluding carboxylic acids is 2. The van der Waals surface area contributed by atoms with Gasteiger partial charge in [-0.05, 0) is 62.7 Å². The van der Waals surface area contributed by atoms with Gasteiger partial charge in [0.2, 0.25) is 0 Å². The minimum Gasteiger partial charge on any atom is -0.494 e. The SMILES string of the molecule is CCOc1ccc(Oc2ccccc2NC(=O)c2[nH]c(C)c(C(=O)OC)c2C)cc1. The van der Waals surface area contributed by atoms with Crippen LogP contribution < -0.4 is 14.8 Å². The molecule has 1 heterocycles. The van der Waals surface area contributed by atoms with Gasteiger partial charge in [-0.1, -0.05) is 12.1 Å². The van der Waals surface area contributed by atoms with Gasteiger partial charge in [0, 0.05) is 5.69 Å². The molecule has 3 rings (SSSR count). The number of para-hydroxylation sites is 2. The fourth-order valence-corrected chi connectivity index (χ4v) is 3.13. The molecule has 1 aromatic heterocycles. The highest BCUT2D eigenvalue weighted by atomic mass is 16.5. The van der Waals surface area contributed by atoms with Crippen LogP contribution in [0.25, 0.3) is 0 Å². The van der Waals surface area contributed by atoms with Crippen molar-refractivity contribution in [1.29, 1.82) is 0 Å². The zero-order valence-electron chi connectivity index (χ0n) is 17.4. The van der Waals surface area contributed by atoms with Crippen LogP contribution in [0.2, 0.25) is 0 Å². The Morgan fingerprint density at radius 3 is 2.33 bits per heavy atom. The second kappa shape index (κ2) is 9.17. The second-order valence-corrected chi connectivity index (χ2v) is 6.57. The molecule has 0 radical (unpaired) electrons. The molecule has 3 aromatic rings. The third kappa shape index (κ3) is 4.46. The van der Waals surface area contributed by atoms with Gasteiger partial charge >= 0.3 is 5.97 Å². The third-order valence-electron chi connectivity index (χ3n) is 4.55. The molecule has 30 heavy (non-hydrogen) atoms. The largest absolute Gasteiger partial charge is 0.494 e. The second-order valence-electron chi connectivity index (χ2n) is 6.57. The molecule has 0 saturated heterocycles. The minimum absolute atomic E-state index is 0.295. The first-order valence-electron chi connectivity index (χ1n) is 9.53. The standard InChI is InChI=1S/C23H24N2O5/c1-5-29-16-10-12-17(13-11-16)30-19-9-7-6-8-18(19)25-22(26)21-14(2)20(15(3)24-21)23(27)28-4/h6-13,24H,5H2,1-4H3,(H,25,26). The van der Waals surface area contributed by atoms with Gasteiger partial charge in [0.05, 0.1) is 25.0 Å². The highest BCUT2D eigenvalue weighted by molar-refractivity contribution is 6.07. The van der Waals surface area contributed by atoms with Crippen molar-refractivity contribution in [2.45, 2.75) is 20.8 Å². The zero-order chi connectivity index (χ0) is 21.7. The van der Waals surface area contributed by atoms with Crippen LogP contribution in [0.4, 0.5) is 5.69 Å². The minimum atomic E-state index is -0.487. The van der Waals surface area contributed by atoms with E-state index in [2.05, 4.69) is 10.3 Å². The predicted molar refractivity (Wildman–Crippen MR) is 114 cm³/mol. The number of hydrogen-bond donors (Lipinski definition) is 2. The quantitative estimate of drug-likeness (QED) is 0.545. The van der Waals surface area contributed by atoms with Gasteiger partial charge in [-0.3, -0.25) is 4.79 Å². The van der Waals surface area contributed by atoms with Crippen molar-refractivity contribution in [3.63, 3.8) is 0 Å². The Kier molecular flexibility index (Phi) is 6.41. The molecule has 156 valence electrons. The van der Waals surface area contributed by atoms with E-state index in [4.69, 9.17) is 14.2 Å². The lowest BCUT2D eigenvalue weighted by Crippen LogP contribution is -2.14. The van der Waals surface area contributed by atoms with Crippen molar-refractivity contribution in [1.82, 2.24) is 4.98 Å². The van der Waals surface area contributed by atoms with Gasteiger partial charge in [0.15, 0.2) is 5.75 Å². The molecule has 0 fully saturated rings. The summed E-state index contributed by atoms with van der Waals surface area (Å²) in [6, 6.07) is 14.4. The smallest absolute Gasteiger partial charge is 0.339 e. The van der Waals surface area contributed by atoms with E-state index >= 15 is 0 Å². The van der Waals surface area contributed by atoms with Crippen LogP contribution in [0.5, 0.6) is 17.2 Å². The Labute approximate surface area is 175 Å². The summed E-state index contributed by atoms with van der Waals surface area (Å²) >= 11 is 0. The summed E-state index contributed by atoms with van der Waals surface area (Å²) in [5.74, 6) is 0.989. The molecular weight excluding hydrogens is 384 g/mol. The number of anilines is 1. The van der Waals surface area contributed by atoms with E-state index in [1.54, 1.807) is 44.2 Å². The Hall–Kier alpha value is -3.74. The van der Waals surface area contributed by atoms with Crippen molar-refractivity contribution in [3.05, 3.63) is 71.0 Å². The predicted octanol–water partition coefficient (Wildman–Crippen LogP) is 4.86. The number of esters is 1. The van der Waals surface area contributed by atoms with Crippen molar-refractivity contribution >= 4 is 17.6 Å². The number of nitrogens with one attached hydrogen (secondary N) is 2. The Balaban J connectivity index is 1.81. The Bertz CT molecular complexity index is 1050. The number of aromatic nitrogens is 1. The highest BCUT2D eigenvalue weighted by Gasteiger charge is 2.23. The number of aryl methyl sites for hydroxylation is 1. The summed E-state index contributed by atoms with van der Waals surface area (Å²) in [5.41, 5.74) is 2.26. The van der Waals surface area contributed by atoms with Crippen molar-refractivity contribution in [2.24, 2.45) is 0 Å². The maximum atomic E-state index is 12.9. The van der Waals surface area contributed by atoms with Gasteiger partial charge in [-0.15, -0.1) is 0 Å². The summed E-state index contributed by atoms with van der Waals surface area (Å²) in [7, 11) is 1.31. The van der Waals surface area contributed by atoms with Crippen LogP contribution in [-0.4, -0.2) is 30.6 Å². The molecule has 1 amide bonds. The summed E-state index contributed by atoms with van der Waals surface area (Å²) in [4.78, 5) is 27.8. The maximum Gasteiger partial charge on any atom is 0.339 e. The number of ether oxygens (including phenoxy) is 3. The topological polar surface area (TPSA) is 89.7 Å². The van der Waals surface area contributed by atoms with E-state index < -0.39 is 5.97 Å². The summed E-state index contributed by atoms with van der Waals surface area (Å²) in [6.07, 6.45) is 0. The average molecular weight is 408 g/mol. The lowest BCUT2D eigenvalue weighted by molar-refractivity contribution is 0.0599. The third-order valence-corrected chi connectivity index (χ3v) is 4.55. The first kappa shape index (κ1) is 21.0. The van der Waals surface area contributed by atoms with E-state index in [9.17, 15) is 9.59 Å². The monoisotopic (exact) mass is 408 g/mol. The molecule has 0 aliphatic rings. The molecule has 0 atom stereocenters. The van der Waals surface area contributed by atoms with Crippen LogP contribution in [0, 0.1) is 13.8 Å². The van der Waals surface area contributed by atoms with Crippen molar-refractivity contribution in [2.75, 3.05) is 19.0 Å². The first-order valence-corrected chi connectivity index (χ1v) is 9.53. The highest BCUT2D eigenvalue weighted by Crippen LogP contribution is 2.31. The molecule has 0 bridgehead atoms. The van der Waals surface area contributed by atoms with Gasteiger partial charge in [-0.25, -0.2) is 4.79 Å². The molecule has 2 aromatic carbocycles. The van der Waals surface area contributed by atoms with E-state index in [0.29, 0.717) is 46.3 Å². The molecular formula is C23H24N2O5. The van der Waals surface area contributed by atoms with Gasteiger partial charge in [0.25, 0.3) is 5.91 Å². The molecule has 0 unspecified atom stereocenters. The van der Waals surface area contributed by atoms with Gasteiger partial charge in [-0.2, -0.15) is 0 Å². The molecule has 7 heteroatoms. The molecule has 0 saturated carbocycles. The molecule has 0 spiro atoms. The Morgan fingerprint density at radius 2 is 1.67 bits per heavy atom. The molecule has 7 nitrogen and oxygen atoms in total. The first-order chi connectivity index (χ1) is 14.4. The lowest BCUT2D eigenvalue weighted by atomic mass is 10.1. The number of aromatic amines is 1. The summed E-state index contributed by atoms with van der Waals surface area (Å²) in [5, 5.41) is 2.85. The summed E-state index contributed by atoms with van der Waals surface area (Å²) < 4.78 is 16.2. The zero-order valence-corrected chi connectivity index (χ0v) is 17.4. The van der Waals surface area contributed by atoms with Gasteiger partial charge < -0.3 is 24.5 Å². The fourth-order valence-electron chi connectivity index (χ4n) is 3.13. The number of H-pyrrole nitrogens is 1. The lowest BCUT2D eigenvalue weighted by Gasteiger charge is -2.12. The van der Waals surface area contributed by atoms with E-state index in [0.717, 1.165) is 5.75 Å². The number of benzene rings is 2. The number of hydrogen-bond acceptors (Lipinski definition) is 5. The van der Waals surface area contributed by atoms with Crippen LogP contribution >= 0.6 is 0 Å². The van der Waals surface area contributed by atoms with Crippen molar-refractivity contribution in [3.8, 4) is 17.2 Å². The van der Waals surface area contributed by atoms with Crippen LogP contribution in [0.15, 0.2) is 48.5 Å². The van der Waals surface area contributed by atoms with Crippen LogP contribution in [-0.2, 0) is 4.74 Å². The van der Waals surface area contributed by atoms with E-state index in [-0.39, 0.29) is 5.91 Å².